The lowest BCUT2D eigenvalue weighted by atomic mass is 9.83. The molecule has 1 aliphatic carbocycles. The largest absolute Gasteiger partial charge is 0.385 e. The van der Waals surface area contributed by atoms with Crippen LogP contribution in [0, 0.1) is 18.8 Å². The molecule has 1 fully saturated rings. The summed E-state index contributed by atoms with van der Waals surface area (Å²) in [5, 5.41) is 11.0. The van der Waals surface area contributed by atoms with Gasteiger partial charge in [-0.2, -0.15) is 0 Å². The highest BCUT2D eigenvalue weighted by atomic mass is 16.3. The number of rotatable bonds is 2. The Morgan fingerprint density at radius 1 is 1.17 bits per heavy atom. The molecule has 0 bridgehead atoms. The fraction of sp³-hybridized carbons (Fsp3) is 0.647. The van der Waals surface area contributed by atoms with Crippen LogP contribution in [0.5, 0.6) is 0 Å². The van der Waals surface area contributed by atoms with Crippen molar-refractivity contribution >= 4 is 0 Å². The van der Waals surface area contributed by atoms with Crippen molar-refractivity contribution in [1.82, 2.24) is 0 Å². The molecule has 1 aromatic rings. The monoisotopic (exact) mass is 246 g/mol. The maximum absolute atomic E-state index is 11.0. The molecular formula is C17H26O. The normalized spacial score (nSPS) is 29.3. The zero-order chi connectivity index (χ0) is 13.2. The van der Waals surface area contributed by atoms with Gasteiger partial charge in [-0.3, -0.25) is 0 Å². The molecule has 0 amide bonds. The minimum atomic E-state index is -0.588. The molecular weight excluding hydrogens is 220 g/mol. The summed E-state index contributed by atoms with van der Waals surface area (Å²) in [5.74, 6) is 1.52. The third-order valence-electron chi connectivity index (χ3n) is 4.68. The zero-order valence-electron chi connectivity index (χ0n) is 11.9. The van der Waals surface area contributed by atoms with Crippen LogP contribution in [-0.4, -0.2) is 5.11 Å². The lowest BCUT2D eigenvalue weighted by Gasteiger charge is -2.29. The van der Waals surface area contributed by atoms with Gasteiger partial charge in [0.15, 0.2) is 0 Å². The Morgan fingerprint density at radius 2 is 1.89 bits per heavy atom. The van der Waals surface area contributed by atoms with Crippen LogP contribution >= 0.6 is 0 Å². The third-order valence-corrected chi connectivity index (χ3v) is 4.68. The Bertz CT molecular complexity index is 396. The van der Waals surface area contributed by atoms with E-state index in [2.05, 4.69) is 39.0 Å². The van der Waals surface area contributed by atoms with Crippen molar-refractivity contribution in [3.63, 3.8) is 0 Å². The summed E-state index contributed by atoms with van der Waals surface area (Å²) in [6, 6.07) is 8.31. The first kappa shape index (κ1) is 13.6. The smallest absolute Gasteiger partial charge is 0.0899 e. The molecule has 0 saturated heterocycles. The van der Waals surface area contributed by atoms with Crippen molar-refractivity contribution in [3.05, 3.63) is 35.4 Å². The van der Waals surface area contributed by atoms with Crippen molar-refractivity contribution in [1.29, 1.82) is 0 Å². The van der Waals surface area contributed by atoms with E-state index in [1.165, 1.54) is 12.0 Å². The number of hydrogen-bond acceptors (Lipinski definition) is 1. The number of aryl methyl sites for hydroxylation is 1. The van der Waals surface area contributed by atoms with Crippen LogP contribution in [0.3, 0.4) is 0 Å². The van der Waals surface area contributed by atoms with Gasteiger partial charge >= 0.3 is 0 Å². The quantitative estimate of drug-likeness (QED) is 0.766. The Morgan fingerprint density at radius 3 is 2.56 bits per heavy atom. The van der Waals surface area contributed by atoms with Crippen LogP contribution in [-0.2, 0) is 5.60 Å². The SMILES string of the molecule is Cc1ccccc1C1(O)CCCC(C(C)C)CC1. The predicted molar refractivity (Wildman–Crippen MR) is 76.5 cm³/mol. The Balaban J connectivity index is 2.19. The van der Waals surface area contributed by atoms with Crippen LogP contribution in [0.2, 0.25) is 0 Å². The lowest BCUT2D eigenvalue weighted by Crippen LogP contribution is -2.26. The second kappa shape index (κ2) is 5.44. The van der Waals surface area contributed by atoms with Gasteiger partial charge in [0.05, 0.1) is 5.60 Å². The Hall–Kier alpha value is -0.820. The molecule has 0 aromatic heterocycles. The van der Waals surface area contributed by atoms with E-state index < -0.39 is 5.60 Å². The van der Waals surface area contributed by atoms with Crippen molar-refractivity contribution in [2.24, 2.45) is 11.8 Å². The lowest BCUT2D eigenvalue weighted by molar-refractivity contribution is 0.0185. The fourth-order valence-corrected chi connectivity index (χ4v) is 3.38. The van der Waals surface area contributed by atoms with E-state index >= 15 is 0 Å². The van der Waals surface area contributed by atoms with Crippen LogP contribution in [0.4, 0.5) is 0 Å². The minimum Gasteiger partial charge on any atom is -0.385 e. The van der Waals surface area contributed by atoms with Crippen LogP contribution in [0.15, 0.2) is 24.3 Å². The van der Waals surface area contributed by atoms with Gasteiger partial charge in [0.25, 0.3) is 0 Å². The summed E-state index contributed by atoms with van der Waals surface area (Å²) >= 11 is 0. The molecule has 1 N–H and O–H groups in total. The highest BCUT2D eigenvalue weighted by Crippen LogP contribution is 2.40. The van der Waals surface area contributed by atoms with E-state index in [4.69, 9.17) is 0 Å². The van der Waals surface area contributed by atoms with Gasteiger partial charge in [0.1, 0.15) is 0 Å². The first-order chi connectivity index (χ1) is 8.53. The molecule has 2 unspecified atom stereocenters. The molecule has 100 valence electrons. The Labute approximate surface area is 111 Å². The molecule has 1 heteroatoms. The second-order valence-corrected chi connectivity index (χ2v) is 6.28. The molecule has 1 saturated carbocycles. The number of hydrogen-bond donors (Lipinski definition) is 1. The van der Waals surface area contributed by atoms with Crippen molar-refractivity contribution in [2.45, 2.75) is 58.5 Å². The van der Waals surface area contributed by atoms with E-state index in [9.17, 15) is 5.11 Å². The average Bonchev–Trinajstić information content (AvgIpc) is 2.52. The summed E-state index contributed by atoms with van der Waals surface area (Å²) in [6.45, 7) is 6.73. The van der Waals surface area contributed by atoms with E-state index in [1.54, 1.807) is 0 Å². The second-order valence-electron chi connectivity index (χ2n) is 6.28. The maximum atomic E-state index is 11.0. The van der Waals surface area contributed by atoms with Gasteiger partial charge in [0, 0.05) is 0 Å². The molecule has 1 aliphatic rings. The molecule has 2 rings (SSSR count). The maximum Gasteiger partial charge on any atom is 0.0899 e. The van der Waals surface area contributed by atoms with Crippen molar-refractivity contribution < 1.29 is 5.11 Å². The van der Waals surface area contributed by atoms with E-state index in [0.29, 0.717) is 0 Å². The van der Waals surface area contributed by atoms with Crippen molar-refractivity contribution in [3.8, 4) is 0 Å². The van der Waals surface area contributed by atoms with E-state index in [0.717, 1.165) is 43.1 Å². The Kier molecular flexibility index (Phi) is 4.11. The highest BCUT2D eigenvalue weighted by Gasteiger charge is 2.33. The van der Waals surface area contributed by atoms with Gasteiger partial charge in [0.2, 0.25) is 0 Å². The van der Waals surface area contributed by atoms with Crippen LogP contribution < -0.4 is 0 Å². The fourth-order valence-electron chi connectivity index (χ4n) is 3.38. The van der Waals surface area contributed by atoms with Gasteiger partial charge in [-0.15, -0.1) is 0 Å². The standard InChI is InChI=1S/C17H26O/c1-13(2)15-8-6-11-17(18,12-10-15)16-9-5-4-7-14(16)3/h4-5,7,9,13,15,18H,6,8,10-12H2,1-3H3. The topological polar surface area (TPSA) is 20.2 Å². The molecule has 2 atom stereocenters. The molecule has 18 heavy (non-hydrogen) atoms. The van der Waals surface area contributed by atoms with Gasteiger partial charge in [-0.1, -0.05) is 44.5 Å². The summed E-state index contributed by atoms with van der Waals surface area (Å²) < 4.78 is 0. The summed E-state index contributed by atoms with van der Waals surface area (Å²) in [4.78, 5) is 0. The molecule has 1 aromatic carbocycles. The van der Waals surface area contributed by atoms with E-state index in [1.807, 2.05) is 6.07 Å². The molecule has 0 spiro atoms. The first-order valence-corrected chi connectivity index (χ1v) is 7.31. The number of aliphatic hydroxyl groups is 1. The molecule has 1 nitrogen and oxygen atoms in total. The van der Waals surface area contributed by atoms with Crippen LogP contribution in [0.25, 0.3) is 0 Å². The highest BCUT2D eigenvalue weighted by molar-refractivity contribution is 5.31. The molecule has 0 aliphatic heterocycles. The summed E-state index contributed by atoms with van der Waals surface area (Å²) in [6.07, 6.45) is 5.41. The average molecular weight is 246 g/mol. The van der Waals surface area contributed by atoms with Gasteiger partial charge in [-0.25, -0.2) is 0 Å². The first-order valence-electron chi connectivity index (χ1n) is 7.31. The van der Waals surface area contributed by atoms with Crippen molar-refractivity contribution in [2.75, 3.05) is 0 Å². The number of benzene rings is 1. The van der Waals surface area contributed by atoms with Gasteiger partial charge in [-0.05, 0) is 55.6 Å². The summed E-state index contributed by atoms with van der Waals surface area (Å²) in [7, 11) is 0. The van der Waals surface area contributed by atoms with Gasteiger partial charge < -0.3 is 5.11 Å². The molecule has 0 radical (unpaired) electrons. The molecule has 0 heterocycles. The van der Waals surface area contributed by atoms with E-state index in [-0.39, 0.29) is 0 Å². The predicted octanol–water partition coefficient (Wildman–Crippen LogP) is 4.42. The van der Waals surface area contributed by atoms with Crippen LogP contribution in [0.1, 0.15) is 57.1 Å². The zero-order valence-corrected chi connectivity index (χ0v) is 11.9. The third kappa shape index (κ3) is 2.77. The summed E-state index contributed by atoms with van der Waals surface area (Å²) in [5.41, 5.74) is 1.78. The minimum absolute atomic E-state index is 0.588.